The normalized spacial score (nSPS) is 15.3. The SMILES string of the molecule is CCOC(=O)C(N)C1CN(C(=O)OC(C)(C)C)C1.O=C(O)C(=O)O. The van der Waals surface area contributed by atoms with E-state index in [1.807, 2.05) is 20.8 Å². The van der Waals surface area contributed by atoms with E-state index in [1.165, 1.54) is 4.90 Å². The Labute approximate surface area is 139 Å². The van der Waals surface area contributed by atoms with Gasteiger partial charge in [-0.1, -0.05) is 0 Å². The molecule has 24 heavy (non-hydrogen) atoms. The highest BCUT2D eigenvalue weighted by molar-refractivity contribution is 6.27. The van der Waals surface area contributed by atoms with Gasteiger partial charge in [0.15, 0.2) is 0 Å². The van der Waals surface area contributed by atoms with Crippen molar-refractivity contribution in [3.8, 4) is 0 Å². The van der Waals surface area contributed by atoms with Gasteiger partial charge < -0.3 is 30.3 Å². The van der Waals surface area contributed by atoms with Crippen molar-refractivity contribution < 1.29 is 38.9 Å². The molecule has 0 aromatic rings. The van der Waals surface area contributed by atoms with E-state index in [1.54, 1.807) is 6.92 Å². The number of carboxylic acids is 2. The molecule has 1 heterocycles. The monoisotopic (exact) mass is 348 g/mol. The van der Waals surface area contributed by atoms with E-state index < -0.39 is 29.6 Å². The lowest BCUT2D eigenvalue weighted by atomic mass is 9.92. The van der Waals surface area contributed by atoms with Crippen LogP contribution in [-0.2, 0) is 23.9 Å². The Hall–Kier alpha value is -2.36. The number of esters is 1. The number of carboxylic acid groups (broad SMARTS) is 2. The Kier molecular flexibility index (Phi) is 8.17. The summed E-state index contributed by atoms with van der Waals surface area (Å²) >= 11 is 0. The van der Waals surface area contributed by atoms with Gasteiger partial charge in [0.25, 0.3) is 0 Å². The van der Waals surface area contributed by atoms with Crippen LogP contribution in [0.1, 0.15) is 27.7 Å². The maximum absolute atomic E-state index is 11.7. The Morgan fingerprint density at radius 2 is 1.62 bits per heavy atom. The first kappa shape index (κ1) is 21.6. The van der Waals surface area contributed by atoms with Gasteiger partial charge in [0, 0.05) is 19.0 Å². The molecule has 0 aliphatic carbocycles. The predicted molar refractivity (Wildman–Crippen MR) is 81.2 cm³/mol. The lowest BCUT2D eigenvalue weighted by Crippen LogP contribution is -2.59. The van der Waals surface area contributed by atoms with Crippen LogP contribution in [0, 0.1) is 5.92 Å². The molecule has 1 amide bonds. The summed E-state index contributed by atoms with van der Waals surface area (Å²) in [6, 6.07) is -0.663. The molecule has 0 aromatic carbocycles. The molecule has 0 bridgehead atoms. The second kappa shape index (κ2) is 9.06. The molecule has 1 rings (SSSR count). The number of carbonyl (C=O) groups is 4. The number of rotatable bonds is 3. The summed E-state index contributed by atoms with van der Waals surface area (Å²) in [4.78, 5) is 42.8. The van der Waals surface area contributed by atoms with E-state index in [0.717, 1.165) is 0 Å². The molecule has 1 fully saturated rings. The molecule has 0 saturated carbocycles. The fraction of sp³-hybridized carbons (Fsp3) is 0.714. The molecule has 0 spiro atoms. The Bertz CT molecular complexity index is 468. The first-order valence-electron chi connectivity index (χ1n) is 7.25. The van der Waals surface area contributed by atoms with Gasteiger partial charge in [-0.05, 0) is 27.7 Å². The average Bonchev–Trinajstić information content (AvgIpc) is 2.35. The van der Waals surface area contributed by atoms with Crippen molar-refractivity contribution in [2.24, 2.45) is 11.7 Å². The van der Waals surface area contributed by atoms with Gasteiger partial charge in [0.1, 0.15) is 11.6 Å². The Morgan fingerprint density at radius 1 is 1.17 bits per heavy atom. The molecule has 1 aliphatic rings. The maximum atomic E-state index is 11.7. The standard InChI is InChI=1S/C12H22N2O4.C2H2O4/c1-5-17-10(15)9(13)8-6-14(7-8)11(16)18-12(2,3)4;3-1(4)2(5)6/h8-9H,5-7,13H2,1-4H3;(H,3,4)(H,5,6). The van der Waals surface area contributed by atoms with Crippen LogP contribution in [0.15, 0.2) is 0 Å². The van der Waals surface area contributed by atoms with Crippen LogP contribution in [0.4, 0.5) is 4.79 Å². The van der Waals surface area contributed by atoms with Crippen LogP contribution in [0.25, 0.3) is 0 Å². The second-order valence-electron chi connectivity index (χ2n) is 6.03. The van der Waals surface area contributed by atoms with Crippen molar-refractivity contribution in [1.82, 2.24) is 4.90 Å². The van der Waals surface area contributed by atoms with Gasteiger partial charge in [-0.2, -0.15) is 0 Å². The minimum atomic E-state index is -1.82. The van der Waals surface area contributed by atoms with Crippen LogP contribution in [0.2, 0.25) is 0 Å². The Balaban J connectivity index is 0.000000754. The van der Waals surface area contributed by atoms with Crippen molar-refractivity contribution >= 4 is 24.0 Å². The highest BCUT2D eigenvalue weighted by Crippen LogP contribution is 2.21. The predicted octanol–water partition coefficient (Wildman–Crippen LogP) is -0.101. The van der Waals surface area contributed by atoms with Crippen molar-refractivity contribution in [1.29, 1.82) is 0 Å². The molecule has 4 N–H and O–H groups in total. The maximum Gasteiger partial charge on any atom is 0.414 e. The van der Waals surface area contributed by atoms with E-state index >= 15 is 0 Å². The summed E-state index contributed by atoms with van der Waals surface area (Å²) < 4.78 is 10.0. The zero-order chi connectivity index (χ0) is 19.1. The molecule has 1 atom stereocenters. The fourth-order valence-corrected chi connectivity index (χ4v) is 1.65. The summed E-state index contributed by atoms with van der Waals surface area (Å²) in [5.74, 6) is -4.10. The van der Waals surface area contributed by atoms with Gasteiger partial charge in [-0.3, -0.25) is 4.79 Å². The van der Waals surface area contributed by atoms with Gasteiger partial charge >= 0.3 is 24.0 Å². The molecular formula is C14H24N2O8. The summed E-state index contributed by atoms with van der Waals surface area (Å²) in [5, 5.41) is 14.8. The summed E-state index contributed by atoms with van der Waals surface area (Å²) in [6.07, 6.45) is -0.366. The van der Waals surface area contributed by atoms with Crippen molar-refractivity contribution in [2.75, 3.05) is 19.7 Å². The molecule has 0 radical (unpaired) electrons. The first-order valence-corrected chi connectivity index (χ1v) is 7.25. The number of amides is 1. The molecule has 1 aliphatic heterocycles. The molecule has 0 aromatic heterocycles. The van der Waals surface area contributed by atoms with Crippen LogP contribution in [0.3, 0.4) is 0 Å². The van der Waals surface area contributed by atoms with Crippen LogP contribution >= 0.6 is 0 Å². The minimum absolute atomic E-state index is 0.0448. The molecule has 10 heteroatoms. The van der Waals surface area contributed by atoms with Crippen LogP contribution in [0.5, 0.6) is 0 Å². The van der Waals surface area contributed by atoms with E-state index in [9.17, 15) is 9.59 Å². The largest absolute Gasteiger partial charge is 0.473 e. The number of carbonyl (C=O) groups excluding carboxylic acids is 2. The van der Waals surface area contributed by atoms with E-state index in [-0.39, 0.29) is 12.0 Å². The molecule has 10 nitrogen and oxygen atoms in total. The highest BCUT2D eigenvalue weighted by Gasteiger charge is 2.39. The van der Waals surface area contributed by atoms with Gasteiger partial charge in [-0.15, -0.1) is 0 Å². The summed E-state index contributed by atoms with van der Waals surface area (Å²) in [7, 11) is 0. The average molecular weight is 348 g/mol. The van der Waals surface area contributed by atoms with E-state index in [4.69, 9.17) is 35.0 Å². The van der Waals surface area contributed by atoms with Crippen molar-refractivity contribution in [3.05, 3.63) is 0 Å². The lowest BCUT2D eigenvalue weighted by Gasteiger charge is -2.41. The lowest BCUT2D eigenvalue weighted by molar-refractivity contribution is -0.159. The zero-order valence-electron chi connectivity index (χ0n) is 14.1. The van der Waals surface area contributed by atoms with E-state index in [2.05, 4.69) is 0 Å². The van der Waals surface area contributed by atoms with E-state index in [0.29, 0.717) is 19.7 Å². The van der Waals surface area contributed by atoms with Crippen LogP contribution < -0.4 is 5.73 Å². The molecule has 1 unspecified atom stereocenters. The third-order valence-electron chi connectivity index (χ3n) is 2.81. The number of ether oxygens (including phenoxy) is 2. The number of hydrogen-bond donors (Lipinski definition) is 3. The van der Waals surface area contributed by atoms with Gasteiger partial charge in [-0.25, -0.2) is 14.4 Å². The van der Waals surface area contributed by atoms with Crippen LogP contribution in [-0.4, -0.2) is 70.5 Å². The minimum Gasteiger partial charge on any atom is -0.473 e. The second-order valence-corrected chi connectivity index (χ2v) is 6.03. The fourth-order valence-electron chi connectivity index (χ4n) is 1.65. The smallest absolute Gasteiger partial charge is 0.414 e. The number of nitrogens with two attached hydrogens (primary N) is 1. The number of aliphatic carboxylic acids is 2. The van der Waals surface area contributed by atoms with Gasteiger partial charge in [0.05, 0.1) is 6.61 Å². The highest BCUT2D eigenvalue weighted by atomic mass is 16.6. The Morgan fingerprint density at radius 3 is 1.96 bits per heavy atom. The number of likely N-dealkylation sites (tertiary alicyclic amines) is 1. The quantitative estimate of drug-likeness (QED) is 0.468. The summed E-state index contributed by atoms with van der Waals surface area (Å²) in [5.41, 5.74) is 5.24. The number of hydrogen-bond acceptors (Lipinski definition) is 7. The van der Waals surface area contributed by atoms with Gasteiger partial charge in [0.2, 0.25) is 0 Å². The first-order chi connectivity index (χ1) is 10.9. The third-order valence-corrected chi connectivity index (χ3v) is 2.81. The van der Waals surface area contributed by atoms with Crippen molar-refractivity contribution in [3.63, 3.8) is 0 Å². The topological polar surface area (TPSA) is 156 Å². The molecule has 138 valence electrons. The molecule has 1 saturated heterocycles. The van der Waals surface area contributed by atoms with Crippen molar-refractivity contribution in [2.45, 2.75) is 39.3 Å². The number of nitrogens with zero attached hydrogens (tertiary/aromatic N) is 1. The third kappa shape index (κ3) is 7.77. The zero-order valence-corrected chi connectivity index (χ0v) is 14.1. The summed E-state index contributed by atoms with van der Waals surface area (Å²) in [6.45, 7) is 8.36. The molecular weight excluding hydrogens is 324 g/mol.